The van der Waals surface area contributed by atoms with E-state index >= 15 is 0 Å². The molecule has 9 heteroatoms. The van der Waals surface area contributed by atoms with Crippen LogP contribution in [0.1, 0.15) is 23.0 Å². The lowest BCUT2D eigenvalue weighted by Crippen LogP contribution is -2.13. The molecule has 0 aliphatic heterocycles. The van der Waals surface area contributed by atoms with Crippen LogP contribution < -0.4 is 4.72 Å². The first-order chi connectivity index (χ1) is 11.4. The van der Waals surface area contributed by atoms with Crippen LogP contribution in [0.25, 0.3) is 11.1 Å². The van der Waals surface area contributed by atoms with Gasteiger partial charge in [0, 0.05) is 5.69 Å². The van der Waals surface area contributed by atoms with Gasteiger partial charge >= 0.3 is 5.97 Å². The molecule has 8 nitrogen and oxygen atoms in total. The standard InChI is InChI=1S/C15H13N3O5S/c1-2-13-12-7-11(8-16-14(12)23-17-13)24(21,22)18-10-5-3-4-9(6-10)15(19)20/h3-8,18H,2H2,1H3,(H,19,20). The van der Waals surface area contributed by atoms with E-state index in [0.717, 1.165) is 6.20 Å². The van der Waals surface area contributed by atoms with E-state index in [9.17, 15) is 13.2 Å². The van der Waals surface area contributed by atoms with Crippen molar-refractivity contribution in [2.45, 2.75) is 18.2 Å². The molecule has 0 aliphatic rings. The fraction of sp³-hybridized carbons (Fsp3) is 0.133. The highest BCUT2D eigenvalue weighted by molar-refractivity contribution is 7.92. The summed E-state index contributed by atoms with van der Waals surface area (Å²) in [5.74, 6) is -1.14. The summed E-state index contributed by atoms with van der Waals surface area (Å²) in [7, 11) is -3.92. The number of hydrogen-bond donors (Lipinski definition) is 2. The predicted molar refractivity (Wildman–Crippen MR) is 85.4 cm³/mol. The first kappa shape index (κ1) is 15.9. The maximum absolute atomic E-state index is 12.5. The zero-order valence-corrected chi connectivity index (χ0v) is 13.4. The van der Waals surface area contributed by atoms with Gasteiger partial charge in [0.15, 0.2) is 0 Å². The van der Waals surface area contributed by atoms with E-state index in [-0.39, 0.29) is 21.9 Å². The summed E-state index contributed by atoms with van der Waals surface area (Å²) in [6.07, 6.45) is 1.74. The molecule has 0 radical (unpaired) electrons. The molecule has 2 N–H and O–H groups in total. The van der Waals surface area contributed by atoms with Gasteiger partial charge in [0.05, 0.1) is 22.8 Å². The van der Waals surface area contributed by atoms with Crippen LogP contribution in [0.15, 0.2) is 45.9 Å². The third-order valence-corrected chi connectivity index (χ3v) is 4.73. The third-order valence-electron chi connectivity index (χ3n) is 3.39. The number of sulfonamides is 1. The summed E-state index contributed by atoms with van der Waals surface area (Å²) >= 11 is 0. The number of carbonyl (C=O) groups is 1. The van der Waals surface area contributed by atoms with E-state index in [1.807, 2.05) is 6.92 Å². The molecule has 0 saturated carbocycles. The van der Waals surface area contributed by atoms with Crippen LogP contribution in [0, 0.1) is 0 Å². The lowest BCUT2D eigenvalue weighted by Gasteiger charge is -2.08. The van der Waals surface area contributed by atoms with Crippen molar-refractivity contribution >= 4 is 32.8 Å². The maximum atomic E-state index is 12.5. The Morgan fingerprint density at radius 3 is 2.83 bits per heavy atom. The number of hydrogen-bond acceptors (Lipinski definition) is 6. The Hall–Kier alpha value is -2.94. The Labute approximate surface area is 137 Å². The lowest BCUT2D eigenvalue weighted by molar-refractivity contribution is 0.0697. The second-order valence-corrected chi connectivity index (χ2v) is 6.68. The molecule has 0 saturated heterocycles. The number of nitrogens with zero attached hydrogens (tertiary/aromatic N) is 2. The summed E-state index contributed by atoms with van der Waals surface area (Å²) in [5.41, 5.74) is 1.01. The number of aryl methyl sites for hydroxylation is 1. The normalized spacial score (nSPS) is 11.5. The van der Waals surface area contributed by atoms with Crippen molar-refractivity contribution in [1.82, 2.24) is 10.1 Å². The van der Waals surface area contributed by atoms with Crippen molar-refractivity contribution in [2.75, 3.05) is 4.72 Å². The second kappa shape index (κ2) is 5.93. The van der Waals surface area contributed by atoms with Crippen LogP contribution in [0.4, 0.5) is 5.69 Å². The number of fused-ring (bicyclic) bond motifs is 1. The van der Waals surface area contributed by atoms with Crippen molar-refractivity contribution in [1.29, 1.82) is 0 Å². The Morgan fingerprint density at radius 2 is 2.12 bits per heavy atom. The molecule has 2 heterocycles. The van der Waals surface area contributed by atoms with Crippen molar-refractivity contribution < 1.29 is 22.8 Å². The highest BCUT2D eigenvalue weighted by atomic mass is 32.2. The van der Waals surface area contributed by atoms with E-state index in [1.165, 1.54) is 30.3 Å². The number of carboxylic acids is 1. The Morgan fingerprint density at radius 1 is 1.33 bits per heavy atom. The van der Waals surface area contributed by atoms with Gasteiger partial charge in [0.25, 0.3) is 15.7 Å². The Balaban J connectivity index is 1.98. The number of aromatic carboxylic acids is 1. The van der Waals surface area contributed by atoms with Crippen molar-refractivity contribution in [2.24, 2.45) is 0 Å². The van der Waals surface area contributed by atoms with Crippen molar-refractivity contribution in [3.8, 4) is 0 Å². The van der Waals surface area contributed by atoms with Gasteiger partial charge in [-0.2, -0.15) is 0 Å². The molecule has 2 aromatic heterocycles. The van der Waals surface area contributed by atoms with Gasteiger partial charge in [-0.3, -0.25) is 4.72 Å². The topological polar surface area (TPSA) is 122 Å². The van der Waals surface area contributed by atoms with Gasteiger partial charge in [0.2, 0.25) is 0 Å². The van der Waals surface area contributed by atoms with Gasteiger partial charge in [-0.1, -0.05) is 18.1 Å². The second-order valence-electron chi connectivity index (χ2n) is 5.00. The summed E-state index contributed by atoms with van der Waals surface area (Å²) < 4.78 is 32.4. The number of rotatable bonds is 5. The lowest BCUT2D eigenvalue weighted by atomic mass is 10.2. The molecular formula is C15H13N3O5S. The zero-order chi connectivity index (χ0) is 17.3. The van der Waals surface area contributed by atoms with Gasteiger partial charge in [-0.05, 0) is 30.7 Å². The smallest absolute Gasteiger partial charge is 0.335 e. The minimum absolute atomic E-state index is 0.0175. The van der Waals surface area contributed by atoms with Gasteiger partial charge < -0.3 is 9.63 Å². The number of carboxylic acid groups (broad SMARTS) is 1. The summed E-state index contributed by atoms with van der Waals surface area (Å²) in [6.45, 7) is 1.87. The first-order valence-electron chi connectivity index (χ1n) is 7.01. The molecule has 0 bridgehead atoms. The molecule has 0 spiro atoms. The summed E-state index contributed by atoms with van der Waals surface area (Å²) in [6, 6.07) is 6.97. The van der Waals surface area contributed by atoms with E-state index in [1.54, 1.807) is 0 Å². The average molecular weight is 347 g/mol. The van der Waals surface area contributed by atoms with E-state index in [2.05, 4.69) is 14.9 Å². The molecule has 24 heavy (non-hydrogen) atoms. The minimum atomic E-state index is -3.92. The van der Waals surface area contributed by atoms with Crippen LogP contribution in [0.3, 0.4) is 0 Å². The summed E-state index contributed by atoms with van der Waals surface area (Å²) in [4.78, 5) is 14.9. The van der Waals surface area contributed by atoms with E-state index in [0.29, 0.717) is 17.5 Å². The largest absolute Gasteiger partial charge is 0.478 e. The predicted octanol–water partition coefficient (Wildman–Crippen LogP) is 2.28. The minimum Gasteiger partial charge on any atom is -0.478 e. The highest BCUT2D eigenvalue weighted by Gasteiger charge is 2.18. The zero-order valence-electron chi connectivity index (χ0n) is 12.6. The number of aromatic nitrogens is 2. The average Bonchev–Trinajstić information content (AvgIpc) is 2.97. The Bertz CT molecular complexity index is 1030. The van der Waals surface area contributed by atoms with Crippen LogP contribution in [0.5, 0.6) is 0 Å². The van der Waals surface area contributed by atoms with Crippen LogP contribution >= 0.6 is 0 Å². The van der Waals surface area contributed by atoms with Crippen molar-refractivity contribution in [3.05, 3.63) is 47.8 Å². The first-order valence-corrected chi connectivity index (χ1v) is 8.49. The summed E-state index contributed by atoms with van der Waals surface area (Å²) in [5, 5.41) is 13.3. The monoisotopic (exact) mass is 347 g/mol. The molecule has 3 rings (SSSR count). The van der Waals surface area contributed by atoms with E-state index < -0.39 is 16.0 Å². The van der Waals surface area contributed by atoms with Gasteiger partial charge in [0.1, 0.15) is 4.90 Å². The van der Waals surface area contributed by atoms with Gasteiger partial charge in [-0.25, -0.2) is 18.2 Å². The molecule has 3 aromatic rings. The van der Waals surface area contributed by atoms with Crippen molar-refractivity contribution in [3.63, 3.8) is 0 Å². The van der Waals surface area contributed by atoms with E-state index in [4.69, 9.17) is 9.63 Å². The molecular weight excluding hydrogens is 334 g/mol. The van der Waals surface area contributed by atoms with Gasteiger partial charge in [-0.15, -0.1) is 0 Å². The number of anilines is 1. The van der Waals surface area contributed by atoms with Crippen LogP contribution in [-0.4, -0.2) is 29.6 Å². The molecule has 0 amide bonds. The number of benzene rings is 1. The molecule has 0 aliphatic carbocycles. The quantitative estimate of drug-likeness (QED) is 0.726. The fourth-order valence-electron chi connectivity index (χ4n) is 2.19. The highest BCUT2D eigenvalue weighted by Crippen LogP contribution is 2.22. The molecule has 124 valence electrons. The maximum Gasteiger partial charge on any atom is 0.335 e. The number of nitrogens with one attached hydrogen (secondary N) is 1. The Kier molecular flexibility index (Phi) is 3.94. The molecule has 0 fully saturated rings. The molecule has 0 atom stereocenters. The van der Waals surface area contributed by atoms with Crippen LogP contribution in [0.2, 0.25) is 0 Å². The van der Waals surface area contributed by atoms with Crippen LogP contribution in [-0.2, 0) is 16.4 Å². The molecule has 0 unspecified atom stereocenters. The molecule has 1 aromatic carbocycles. The SMILES string of the molecule is CCc1noc2ncc(S(=O)(=O)Nc3cccc(C(=O)O)c3)cc12. The fourth-order valence-corrected chi connectivity index (χ4v) is 3.21. The number of pyridine rings is 1. The third kappa shape index (κ3) is 2.93.